The summed E-state index contributed by atoms with van der Waals surface area (Å²) in [5.41, 5.74) is 1.06. The van der Waals surface area contributed by atoms with E-state index in [1.807, 2.05) is 6.92 Å². The first kappa shape index (κ1) is 17.5. The number of rotatable bonds is 6. The highest BCUT2D eigenvalue weighted by atomic mass is 32.2. The van der Waals surface area contributed by atoms with Crippen molar-refractivity contribution in [3.8, 4) is 0 Å². The van der Waals surface area contributed by atoms with Crippen LogP contribution in [0.2, 0.25) is 0 Å². The van der Waals surface area contributed by atoms with Gasteiger partial charge in [0.25, 0.3) is 0 Å². The van der Waals surface area contributed by atoms with Crippen molar-refractivity contribution < 1.29 is 17.9 Å². The quantitative estimate of drug-likeness (QED) is 0.762. The van der Waals surface area contributed by atoms with Crippen molar-refractivity contribution >= 4 is 27.3 Å². The van der Waals surface area contributed by atoms with Crippen LogP contribution in [-0.2, 0) is 19.6 Å². The van der Waals surface area contributed by atoms with Gasteiger partial charge in [-0.15, -0.1) is 0 Å². The molecule has 1 aromatic carbocycles. The van der Waals surface area contributed by atoms with Gasteiger partial charge in [0.05, 0.1) is 29.5 Å². The van der Waals surface area contributed by atoms with Gasteiger partial charge in [0.1, 0.15) is 0 Å². The molecule has 1 fully saturated rings. The minimum atomic E-state index is -3.61. The zero-order chi connectivity index (χ0) is 16.9. The second-order valence-corrected chi connectivity index (χ2v) is 6.89. The molecule has 2 rings (SSSR count). The van der Waals surface area contributed by atoms with Gasteiger partial charge in [-0.2, -0.15) is 4.31 Å². The van der Waals surface area contributed by atoms with E-state index in [4.69, 9.17) is 4.74 Å². The minimum Gasteiger partial charge on any atom is -0.384 e. The molecule has 1 heterocycles. The number of nitrogens with zero attached hydrogens (tertiary/aromatic N) is 1. The van der Waals surface area contributed by atoms with Gasteiger partial charge < -0.3 is 15.4 Å². The van der Waals surface area contributed by atoms with Gasteiger partial charge in [0.15, 0.2) is 0 Å². The molecule has 0 unspecified atom stereocenters. The molecule has 8 heteroatoms. The molecule has 1 aromatic rings. The lowest BCUT2D eigenvalue weighted by Crippen LogP contribution is -2.40. The lowest BCUT2D eigenvalue weighted by Gasteiger charge is -2.26. The Balaban J connectivity index is 2.36. The number of amides is 1. The molecular formula is C15H21N3O4S. The Bertz CT molecular complexity index is 682. The molecule has 126 valence electrons. The number of benzene rings is 1. The van der Waals surface area contributed by atoms with E-state index in [2.05, 4.69) is 17.2 Å². The summed E-state index contributed by atoms with van der Waals surface area (Å²) in [5, 5.41) is 5.72. The van der Waals surface area contributed by atoms with Crippen LogP contribution in [0.15, 0.2) is 35.7 Å². The van der Waals surface area contributed by atoms with E-state index in [1.54, 1.807) is 6.07 Å². The zero-order valence-electron chi connectivity index (χ0n) is 13.0. The second kappa shape index (κ2) is 7.58. The largest absolute Gasteiger partial charge is 0.384 e. The van der Waals surface area contributed by atoms with Crippen LogP contribution in [0.3, 0.4) is 0 Å². The van der Waals surface area contributed by atoms with E-state index in [9.17, 15) is 13.2 Å². The Hall–Kier alpha value is -1.90. The highest BCUT2D eigenvalue weighted by Gasteiger charge is 2.27. The maximum absolute atomic E-state index is 12.7. The van der Waals surface area contributed by atoms with Crippen molar-refractivity contribution in [1.82, 2.24) is 4.31 Å². The number of carbonyl (C=O) groups excluding carboxylic acids is 1. The number of hydrogen-bond donors (Lipinski definition) is 2. The average Bonchev–Trinajstić information content (AvgIpc) is 2.57. The van der Waals surface area contributed by atoms with E-state index < -0.39 is 15.9 Å². The van der Waals surface area contributed by atoms with Gasteiger partial charge in [-0.05, 0) is 31.2 Å². The fourth-order valence-electron chi connectivity index (χ4n) is 2.25. The SMILES string of the molecule is C=CC(=O)Nc1cc(S(=O)(=O)N2CCOCC2)ccc1NCC. The Morgan fingerprint density at radius 3 is 2.65 bits per heavy atom. The summed E-state index contributed by atoms with van der Waals surface area (Å²) >= 11 is 0. The standard InChI is InChI=1S/C15H21N3O4S/c1-3-15(19)17-14-11-12(5-6-13(14)16-4-2)23(20,21)18-7-9-22-10-8-18/h3,5-6,11,16H,1,4,7-10H2,2H3,(H,17,19). The van der Waals surface area contributed by atoms with Gasteiger partial charge in [0.2, 0.25) is 15.9 Å². The summed E-state index contributed by atoms with van der Waals surface area (Å²) in [6.45, 7) is 7.38. The van der Waals surface area contributed by atoms with Gasteiger partial charge in [-0.3, -0.25) is 4.79 Å². The normalized spacial score (nSPS) is 15.9. The molecule has 1 aliphatic heterocycles. The van der Waals surface area contributed by atoms with Crippen LogP contribution in [0.4, 0.5) is 11.4 Å². The summed E-state index contributed by atoms with van der Waals surface area (Å²) < 4.78 is 31.9. The number of sulfonamides is 1. The van der Waals surface area contributed by atoms with Crippen LogP contribution in [-0.4, -0.2) is 51.5 Å². The van der Waals surface area contributed by atoms with Gasteiger partial charge in [-0.1, -0.05) is 6.58 Å². The molecule has 2 N–H and O–H groups in total. The third kappa shape index (κ3) is 4.10. The minimum absolute atomic E-state index is 0.139. The summed E-state index contributed by atoms with van der Waals surface area (Å²) in [5.74, 6) is -0.398. The van der Waals surface area contributed by atoms with Crippen LogP contribution in [0.25, 0.3) is 0 Å². The molecule has 0 radical (unpaired) electrons. The highest BCUT2D eigenvalue weighted by molar-refractivity contribution is 7.89. The van der Waals surface area contributed by atoms with Gasteiger partial charge in [0, 0.05) is 19.6 Å². The molecule has 0 spiro atoms. The monoisotopic (exact) mass is 339 g/mol. The third-order valence-corrected chi connectivity index (χ3v) is 5.30. The predicted octanol–water partition coefficient (Wildman–Crippen LogP) is 1.26. The summed E-state index contributed by atoms with van der Waals surface area (Å²) in [4.78, 5) is 11.7. The van der Waals surface area contributed by atoms with Crippen molar-refractivity contribution in [1.29, 1.82) is 0 Å². The topological polar surface area (TPSA) is 87.7 Å². The molecule has 0 saturated carbocycles. The molecule has 23 heavy (non-hydrogen) atoms. The second-order valence-electron chi connectivity index (χ2n) is 4.95. The molecule has 0 bridgehead atoms. The number of ether oxygens (including phenoxy) is 1. The molecular weight excluding hydrogens is 318 g/mol. The van der Waals surface area contributed by atoms with E-state index in [0.29, 0.717) is 44.2 Å². The van der Waals surface area contributed by atoms with E-state index >= 15 is 0 Å². The number of morpholine rings is 1. The van der Waals surface area contributed by atoms with Crippen molar-refractivity contribution in [2.24, 2.45) is 0 Å². The van der Waals surface area contributed by atoms with E-state index in [-0.39, 0.29) is 4.90 Å². The van der Waals surface area contributed by atoms with Crippen LogP contribution in [0, 0.1) is 0 Å². The smallest absolute Gasteiger partial charge is 0.247 e. The highest BCUT2D eigenvalue weighted by Crippen LogP contribution is 2.27. The summed E-state index contributed by atoms with van der Waals surface area (Å²) in [7, 11) is -3.61. The van der Waals surface area contributed by atoms with Gasteiger partial charge in [-0.25, -0.2) is 8.42 Å². The van der Waals surface area contributed by atoms with Crippen LogP contribution < -0.4 is 10.6 Å². The molecule has 1 amide bonds. The van der Waals surface area contributed by atoms with E-state index in [1.165, 1.54) is 16.4 Å². The first-order valence-electron chi connectivity index (χ1n) is 7.38. The fourth-order valence-corrected chi connectivity index (χ4v) is 3.69. The number of hydrogen-bond acceptors (Lipinski definition) is 5. The molecule has 1 aliphatic rings. The van der Waals surface area contributed by atoms with Crippen molar-refractivity contribution in [3.63, 3.8) is 0 Å². The molecule has 7 nitrogen and oxygen atoms in total. The van der Waals surface area contributed by atoms with Crippen LogP contribution >= 0.6 is 0 Å². The predicted molar refractivity (Wildman–Crippen MR) is 89.0 cm³/mol. The lowest BCUT2D eigenvalue weighted by atomic mass is 10.2. The average molecular weight is 339 g/mol. The number of nitrogens with one attached hydrogen (secondary N) is 2. The molecule has 0 aromatic heterocycles. The Morgan fingerprint density at radius 1 is 1.35 bits per heavy atom. The molecule has 0 atom stereocenters. The number of carbonyl (C=O) groups is 1. The fraction of sp³-hybridized carbons (Fsp3) is 0.400. The summed E-state index contributed by atoms with van der Waals surface area (Å²) in [6.07, 6.45) is 1.14. The van der Waals surface area contributed by atoms with Crippen molar-refractivity contribution in [2.45, 2.75) is 11.8 Å². The Labute approximate surface area is 136 Å². The molecule has 0 aliphatic carbocycles. The maximum atomic E-state index is 12.7. The summed E-state index contributed by atoms with van der Waals surface area (Å²) in [6, 6.07) is 4.64. The Kier molecular flexibility index (Phi) is 5.75. The Morgan fingerprint density at radius 2 is 2.04 bits per heavy atom. The van der Waals surface area contributed by atoms with E-state index in [0.717, 1.165) is 6.08 Å². The third-order valence-electron chi connectivity index (χ3n) is 3.41. The maximum Gasteiger partial charge on any atom is 0.247 e. The lowest BCUT2D eigenvalue weighted by molar-refractivity contribution is -0.111. The van der Waals surface area contributed by atoms with Gasteiger partial charge >= 0.3 is 0 Å². The van der Waals surface area contributed by atoms with Crippen molar-refractivity contribution in [2.75, 3.05) is 43.5 Å². The zero-order valence-corrected chi connectivity index (χ0v) is 13.9. The first-order valence-corrected chi connectivity index (χ1v) is 8.82. The van der Waals surface area contributed by atoms with Crippen LogP contribution in [0.1, 0.15) is 6.92 Å². The van der Waals surface area contributed by atoms with Crippen LogP contribution in [0.5, 0.6) is 0 Å². The molecule has 1 saturated heterocycles. The van der Waals surface area contributed by atoms with Crippen molar-refractivity contribution in [3.05, 3.63) is 30.9 Å². The number of anilines is 2. The first-order chi connectivity index (χ1) is 11.0.